The van der Waals surface area contributed by atoms with Crippen LogP contribution >= 0.6 is 11.7 Å². The molecular formula is C12H13N5S. The average Bonchev–Trinajstić information content (AvgIpc) is 2.98. The number of rotatable bonds is 4. The number of aromatic nitrogens is 4. The van der Waals surface area contributed by atoms with E-state index in [1.807, 2.05) is 12.3 Å². The Labute approximate surface area is 109 Å². The number of fused-ring (bicyclic) bond motifs is 1. The van der Waals surface area contributed by atoms with Gasteiger partial charge in [0.25, 0.3) is 0 Å². The highest BCUT2D eigenvalue weighted by atomic mass is 32.1. The number of nitrogens with one attached hydrogen (secondary N) is 1. The maximum atomic E-state index is 4.26. The van der Waals surface area contributed by atoms with Crippen molar-refractivity contribution in [2.75, 3.05) is 7.05 Å². The number of hydrogen-bond acceptors (Lipinski definition) is 5. The molecule has 5 nitrogen and oxygen atoms in total. The number of hydrogen-bond donors (Lipinski definition) is 1. The monoisotopic (exact) mass is 259 g/mol. The van der Waals surface area contributed by atoms with Crippen LogP contribution in [0, 0.1) is 0 Å². The van der Waals surface area contributed by atoms with Crippen molar-refractivity contribution in [1.29, 1.82) is 0 Å². The SMILES string of the molecule is CN(Cc1ccc2nsnc2c1)Cc1ncc[nH]1. The van der Waals surface area contributed by atoms with Crippen molar-refractivity contribution in [3.8, 4) is 0 Å². The molecule has 18 heavy (non-hydrogen) atoms. The third-order valence-electron chi connectivity index (χ3n) is 2.75. The van der Waals surface area contributed by atoms with Gasteiger partial charge in [-0.2, -0.15) is 8.75 Å². The van der Waals surface area contributed by atoms with Gasteiger partial charge >= 0.3 is 0 Å². The number of nitrogens with zero attached hydrogens (tertiary/aromatic N) is 4. The van der Waals surface area contributed by atoms with E-state index in [4.69, 9.17) is 0 Å². The summed E-state index contributed by atoms with van der Waals surface area (Å²) in [5.41, 5.74) is 3.19. The lowest BCUT2D eigenvalue weighted by Crippen LogP contribution is -2.17. The van der Waals surface area contributed by atoms with Gasteiger partial charge in [0.05, 0.1) is 18.3 Å². The van der Waals surface area contributed by atoms with E-state index in [1.54, 1.807) is 6.20 Å². The van der Waals surface area contributed by atoms with Crippen molar-refractivity contribution < 1.29 is 0 Å². The molecular weight excluding hydrogens is 246 g/mol. The minimum atomic E-state index is 0.806. The number of benzene rings is 1. The van der Waals surface area contributed by atoms with Gasteiger partial charge in [-0.15, -0.1) is 0 Å². The summed E-state index contributed by atoms with van der Waals surface area (Å²) in [6.45, 7) is 1.68. The van der Waals surface area contributed by atoms with E-state index in [1.165, 1.54) is 17.3 Å². The first-order valence-corrected chi connectivity index (χ1v) is 6.42. The van der Waals surface area contributed by atoms with Crippen LogP contribution in [0.25, 0.3) is 11.0 Å². The molecule has 0 atom stereocenters. The Kier molecular flexibility index (Phi) is 3.04. The standard InChI is InChI=1S/C12H13N5S/c1-17(8-12-13-4-5-14-12)7-9-2-3-10-11(6-9)16-18-15-10/h2-6H,7-8H2,1H3,(H,13,14). The van der Waals surface area contributed by atoms with Crippen LogP contribution in [0.2, 0.25) is 0 Å². The molecule has 0 saturated heterocycles. The van der Waals surface area contributed by atoms with Gasteiger partial charge < -0.3 is 4.98 Å². The Bertz CT molecular complexity index is 631. The summed E-state index contributed by atoms with van der Waals surface area (Å²) in [5, 5.41) is 0. The minimum absolute atomic E-state index is 0.806. The molecule has 1 N–H and O–H groups in total. The molecule has 0 radical (unpaired) electrons. The Balaban J connectivity index is 1.71. The molecule has 0 aliphatic heterocycles. The Morgan fingerprint density at radius 3 is 2.94 bits per heavy atom. The molecule has 0 fully saturated rings. The molecule has 2 heterocycles. The van der Waals surface area contributed by atoms with E-state index < -0.39 is 0 Å². The van der Waals surface area contributed by atoms with Crippen molar-refractivity contribution in [1.82, 2.24) is 23.6 Å². The summed E-state index contributed by atoms with van der Waals surface area (Å²) in [7, 11) is 2.08. The van der Waals surface area contributed by atoms with Crippen molar-refractivity contribution in [3.05, 3.63) is 42.0 Å². The van der Waals surface area contributed by atoms with Crippen LogP contribution < -0.4 is 0 Å². The molecule has 2 aromatic heterocycles. The van der Waals surface area contributed by atoms with E-state index in [-0.39, 0.29) is 0 Å². The Morgan fingerprint density at radius 2 is 2.11 bits per heavy atom. The second kappa shape index (κ2) is 4.83. The molecule has 92 valence electrons. The van der Waals surface area contributed by atoms with E-state index in [0.717, 1.165) is 29.9 Å². The van der Waals surface area contributed by atoms with Gasteiger partial charge in [0.15, 0.2) is 0 Å². The second-order valence-corrected chi connectivity index (χ2v) is 4.82. The van der Waals surface area contributed by atoms with E-state index in [2.05, 4.69) is 42.8 Å². The quantitative estimate of drug-likeness (QED) is 0.779. The van der Waals surface area contributed by atoms with E-state index in [0.29, 0.717) is 0 Å². The smallest absolute Gasteiger partial charge is 0.120 e. The molecule has 0 aliphatic rings. The highest BCUT2D eigenvalue weighted by molar-refractivity contribution is 7.00. The number of aromatic amines is 1. The summed E-state index contributed by atoms with van der Waals surface area (Å²) < 4.78 is 8.46. The second-order valence-electron chi connectivity index (χ2n) is 4.30. The van der Waals surface area contributed by atoms with Crippen molar-refractivity contribution in [3.63, 3.8) is 0 Å². The van der Waals surface area contributed by atoms with Crippen LogP contribution in [0.3, 0.4) is 0 Å². The largest absolute Gasteiger partial charge is 0.348 e. The van der Waals surface area contributed by atoms with Gasteiger partial charge in [0, 0.05) is 18.9 Å². The zero-order valence-corrected chi connectivity index (χ0v) is 10.8. The first-order valence-electron chi connectivity index (χ1n) is 5.69. The zero-order chi connectivity index (χ0) is 12.4. The molecule has 0 amide bonds. The van der Waals surface area contributed by atoms with Crippen LogP contribution in [-0.4, -0.2) is 30.7 Å². The summed E-state index contributed by atoms with van der Waals surface area (Å²) in [5.74, 6) is 0.980. The molecule has 0 unspecified atom stereocenters. The van der Waals surface area contributed by atoms with Crippen molar-refractivity contribution >= 4 is 22.8 Å². The van der Waals surface area contributed by atoms with Gasteiger partial charge in [-0.1, -0.05) is 6.07 Å². The molecule has 3 aromatic rings. The fourth-order valence-corrected chi connectivity index (χ4v) is 2.45. The van der Waals surface area contributed by atoms with Crippen molar-refractivity contribution in [2.24, 2.45) is 0 Å². The summed E-state index contributed by atoms with van der Waals surface area (Å²) >= 11 is 1.26. The number of imidazole rings is 1. The van der Waals surface area contributed by atoms with Gasteiger partial charge in [-0.05, 0) is 24.7 Å². The highest BCUT2D eigenvalue weighted by Crippen LogP contribution is 2.15. The number of H-pyrrole nitrogens is 1. The molecule has 0 spiro atoms. The molecule has 0 saturated carbocycles. The van der Waals surface area contributed by atoms with Crippen molar-refractivity contribution in [2.45, 2.75) is 13.1 Å². The van der Waals surface area contributed by atoms with Crippen LogP contribution in [-0.2, 0) is 13.1 Å². The molecule has 1 aromatic carbocycles. The van der Waals surface area contributed by atoms with Gasteiger partial charge in [-0.3, -0.25) is 4.90 Å². The van der Waals surface area contributed by atoms with Gasteiger partial charge in [-0.25, -0.2) is 4.98 Å². The summed E-state index contributed by atoms with van der Waals surface area (Å²) in [6, 6.07) is 6.22. The van der Waals surface area contributed by atoms with Gasteiger partial charge in [0.2, 0.25) is 0 Å². The lowest BCUT2D eigenvalue weighted by atomic mass is 10.2. The third-order valence-corrected chi connectivity index (χ3v) is 3.30. The normalized spacial score (nSPS) is 11.4. The zero-order valence-electron chi connectivity index (χ0n) is 10.00. The fourth-order valence-electron chi connectivity index (χ4n) is 1.93. The third kappa shape index (κ3) is 2.39. The first kappa shape index (κ1) is 11.3. The Hall–Kier alpha value is -1.79. The summed E-state index contributed by atoms with van der Waals surface area (Å²) in [6.07, 6.45) is 3.62. The lowest BCUT2D eigenvalue weighted by Gasteiger charge is -2.14. The Morgan fingerprint density at radius 1 is 1.22 bits per heavy atom. The van der Waals surface area contributed by atoms with E-state index >= 15 is 0 Å². The van der Waals surface area contributed by atoms with Crippen LogP contribution in [0.1, 0.15) is 11.4 Å². The van der Waals surface area contributed by atoms with Crippen LogP contribution in [0.4, 0.5) is 0 Å². The van der Waals surface area contributed by atoms with Crippen LogP contribution in [0.5, 0.6) is 0 Å². The highest BCUT2D eigenvalue weighted by Gasteiger charge is 2.05. The predicted molar refractivity (Wildman–Crippen MR) is 71.2 cm³/mol. The maximum Gasteiger partial charge on any atom is 0.120 e. The van der Waals surface area contributed by atoms with Gasteiger partial charge in [0.1, 0.15) is 16.9 Å². The molecule has 0 bridgehead atoms. The summed E-state index contributed by atoms with van der Waals surface area (Å²) in [4.78, 5) is 9.54. The topological polar surface area (TPSA) is 57.7 Å². The fraction of sp³-hybridized carbons (Fsp3) is 0.250. The maximum absolute atomic E-state index is 4.26. The predicted octanol–water partition coefficient (Wildman–Crippen LogP) is 2.05. The molecule has 0 aliphatic carbocycles. The molecule has 3 rings (SSSR count). The first-order chi connectivity index (χ1) is 8.81. The average molecular weight is 259 g/mol. The minimum Gasteiger partial charge on any atom is -0.348 e. The van der Waals surface area contributed by atoms with E-state index in [9.17, 15) is 0 Å². The molecule has 6 heteroatoms. The lowest BCUT2D eigenvalue weighted by molar-refractivity contribution is 0.312. The van der Waals surface area contributed by atoms with Crippen LogP contribution in [0.15, 0.2) is 30.6 Å².